The van der Waals surface area contributed by atoms with Crippen LogP contribution < -0.4 is 17.0 Å². The van der Waals surface area contributed by atoms with Crippen LogP contribution in [0.4, 0.5) is 0 Å². The summed E-state index contributed by atoms with van der Waals surface area (Å²) in [5.41, 5.74) is 2.51. The molecule has 210 valence electrons. The van der Waals surface area contributed by atoms with Gasteiger partial charge in [0, 0.05) is 12.3 Å². The summed E-state index contributed by atoms with van der Waals surface area (Å²) in [6, 6.07) is 1.23. The number of nitrogens with zero attached hydrogens (tertiary/aromatic N) is 4. The van der Waals surface area contributed by atoms with Gasteiger partial charge in [-0.25, -0.2) is 9.48 Å². The van der Waals surface area contributed by atoms with E-state index < -0.39 is 66.5 Å². The molecule has 15 nitrogen and oxygen atoms in total. The lowest BCUT2D eigenvalue weighted by Gasteiger charge is -2.28. The van der Waals surface area contributed by atoms with Crippen LogP contribution in [0.25, 0.3) is 0 Å². The van der Waals surface area contributed by atoms with E-state index in [2.05, 4.69) is 21.0 Å². The Morgan fingerprint density at radius 1 is 1.05 bits per heavy atom. The highest BCUT2D eigenvalue weighted by atomic mass is 16.7. The van der Waals surface area contributed by atoms with Crippen LogP contribution in [0.2, 0.25) is 0 Å². The number of hydrogen-bond donors (Lipinski definition) is 6. The third-order valence-electron chi connectivity index (χ3n) is 7.60. The predicted molar refractivity (Wildman–Crippen MR) is 126 cm³/mol. The van der Waals surface area contributed by atoms with Crippen molar-refractivity contribution >= 4 is 0 Å². The number of quaternary nitrogens is 1. The summed E-state index contributed by atoms with van der Waals surface area (Å²) in [7, 11) is 0. The third-order valence-corrected chi connectivity index (χ3v) is 7.60. The van der Waals surface area contributed by atoms with E-state index in [1.165, 1.54) is 0 Å². The normalized spacial score (nSPS) is 35.4. The first-order chi connectivity index (χ1) is 18.3. The Bertz CT molecular complexity index is 1190. The molecule has 0 aromatic carbocycles. The van der Waals surface area contributed by atoms with Gasteiger partial charge in [0.1, 0.15) is 55.0 Å². The second kappa shape index (κ2) is 11.3. The van der Waals surface area contributed by atoms with Crippen LogP contribution in [0.15, 0.2) is 28.0 Å². The van der Waals surface area contributed by atoms with Crippen LogP contribution in [0.3, 0.4) is 0 Å². The molecule has 1 aliphatic carbocycles. The molecule has 8 N–H and O–H groups in total. The van der Waals surface area contributed by atoms with Crippen molar-refractivity contribution in [2.45, 2.75) is 99.8 Å². The van der Waals surface area contributed by atoms with E-state index in [1.54, 1.807) is 10.9 Å². The fourth-order valence-corrected chi connectivity index (χ4v) is 5.44. The lowest BCUT2D eigenvalue weighted by Crippen LogP contribution is -2.58. The average Bonchev–Trinajstić information content (AvgIpc) is 3.48. The highest BCUT2D eigenvalue weighted by molar-refractivity contribution is 5.08. The van der Waals surface area contributed by atoms with Gasteiger partial charge in [0.05, 0.1) is 12.2 Å². The number of aliphatic hydroxyl groups excluding tert-OH is 4. The smallest absolute Gasteiger partial charge is 0.330 e. The Morgan fingerprint density at radius 2 is 1.79 bits per heavy atom. The standard InChI is InChI=1S/C23H34N6O9/c24-9-13-15(31)18(34)22(36-13)38-19(12-10-29(27-26-12)11-5-3-1-2-4-6-11)20-16(32)17(33)21(37-20)28-8-7-14(30)25-23(28)35/h7-8,10-11,13,15-22,31-34H,1-6,9,24H2,(H,25,30,35)/p+1/t13-,15-,16+,17-,18-,19?,20?,21-,22+/m1/s1. The number of aliphatic hydroxyl groups is 4. The van der Waals surface area contributed by atoms with Crippen molar-refractivity contribution in [2.75, 3.05) is 6.54 Å². The van der Waals surface area contributed by atoms with Crippen LogP contribution >= 0.6 is 0 Å². The number of ether oxygens (including phenoxy) is 3. The molecule has 1 saturated carbocycles. The number of aromatic nitrogens is 5. The molecule has 5 rings (SSSR count). The van der Waals surface area contributed by atoms with E-state index in [0.717, 1.165) is 55.4 Å². The first kappa shape index (κ1) is 27.1. The van der Waals surface area contributed by atoms with E-state index in [-0.39, 0.29) is 18.3 Å². The van der Waals surface area contributed by atoms with Crippen LogP contribution in [0, 0.1) is 0 Å². The Kier molecular flexibility index (Phi) is 8.06. The molecule has 0 radical (unpaired) electrons. The maximum absolute atomic E-state index is 12.4. The lowest BCUT2D eigenvalue weighted by atomic mass is 10.0. The van der Waals surface area contributed by atoms with Crippen molar-refractivity contribution in [2.24, 2.45) is 0 Å². The molecule has 2 saturated heterocycles. The number of H-pyrrole nitrogens is 1. The molecule has 4 heterocycles. The van der Waals surface area contributed by atoms with E-state index in [1.807, 2.05) is 0 Å². The predicted octanol–water partition coefficient (Wildman–Crippen LogP) is -2.91. The topological polar surface area (TPSA) is 222 Å². The molecular formula is C23H35N6O9+. The van der Waals surface area contributed by atoms with Crippen LogP contribution in [-0.2, 0) is 14.2 Å². The van der Waals surface area contributed by atoms with Gasteiger partial charge in [-0.2, -0.15) is 0 Å². The molecule has 0 spiro atoms. The minimum Gasteiger partial charge on any atom is -0.387 e. The Morgan fingerprint density at radius 3 is 2.45 bits per heavy atom. The molecule has 2 aromatic heterocycles. The Balaban J connectivity index is 1.45. The molecule has 15 heteroatoms. The summed E-state index contributed by atoms with van der Waals surface area (Å²) in [6.07, 6.45) is -2.55. The maximum Gasteiger partial charge on any atom is 0.330 e. The minimum atomic E-state index is -1.57. The summed E-state index contributed by atoms with van der Waals surface area (Å²) in [5, 5.41) is 51.2. The van der Waals surface area contributed by atoms with Gasteiger partial charge in [-0.3, -0.25) is 14.3 Å². The van der Waals surface area contributed by atoms with Crippen LogP contribution in [-0.4, -0.2) is 94.4 Å². The highest BCUT2D eigenvalue weighted by Gasteiger charge is 2.52. The molecule has 2 unspecified atom stereocenters. The largest absolute Gasteiger partial charge is 0.387 e. The second-order valence-electron chi connectivity index (χ2n) is 10.1. The van der Waals surface area contributed by atoms with Gasteiger partial charge in [-0.15, -0.1) is 5.10 Å². The second-order valence-corrected chi connectivity index (χ2v) is 10.1. The summed E-state index contributed by atoms with van der Waals surface area (Å²) in [6.45, 7) is 0.180. The molecule has 38 heavy (non-hydrogen) atoms. The summed E-state index contributed by atoms with van der Waals surface area (Å²) in [5.74, 6) is 0. The van der Waals surface area contributed by atoms with Gasteiger partial charge in [-0.1, -0.05) is 30.9 Å². The molecule has 0 bridgehead atoms. The molecule has 2 aliphatic heterocycles. The summed E-state index contributed by atoms with van der Waals surface area (Å²) >= 11 is 0. The fourth-order valence-electron chi connectivity index (χ4n) is 5.44. The zero-order valence-corrected chi connectivity index (χ0v) is 20.8. The third kappa shape index (κ3) is 5.20. The maximum atomic E-state index is 12.4. The Labute approximate surface area is 216 Å². The average molecular weight is 540 g/mol. The van der Waals surface area contributed by atoms with Crippen molar-refractivity contribution in [1.82, 2.24) is 24.5 Å². The minimum absolute atomic E-state index is 0.137. The summed E-state index contributed by atoms with van der Waals surface area (Å²) in [4.78, 5) is 25.9. The zero-order chi connectivity index (χ0) is 27.0. The van der Waals surface area contributed by atoms with Crippen molar-refractivity contribution < 1.29 is 40.4 Å². The quantitative estimate of drug-likeness (QED) is 0.196. The van der Waals surface area contributed by atoms with E-state index in [4.69, 9.17) is 14.2 Å². The van der Waals surface area contributed by atoms with Gasteiger partial charge < -0.3 is 40.4 Å². The number of rotatable bonds is 7. The van der Waals surface area contributed by atoms with E-state index in [0.29, 0.717) is 0 Å². The van der Waals surface area contributed by atoms with Crippen molar-refractivity contribution in [3.63, 3.8) is 0 Å². The molecule has 3 aliphatic rings. The van der Waals surface area contributed by atoms with Crippen molar-refractivity contribution in [3.05, 3.63) is 45.0 Å². The first-order valence-electron chi connectivity index (χ1n) is 13.0. The fraction of sp³-hybridized carbons (Fsp3) is 0.739. The number of hydrogen-bond acceptors (Lipinski definition) is 11. The van der Waals surface area contributed by atoms with Gasteiger partial charge in [0.2, 0.25) is 0 Å². The first-order valence-corrected chi connectivity index (χ1v) is 13.0. The van der Waals surface area contributed by atoms with E-state index >= 15 is 0 Å². The van der Waals surface area contributed by atoms with Crippen molar-refractivity contribution in [3.8, 4) is 0 Å². The van der Waals surface area contributed by atoms with E-state index in [9.17, 15) is 30.0 Å². The molecular weight excluding hydrogens is 504 g/mol. The summed E-state index contributed by atoms with van der Waals surface area (Å²) < 4.78 is 20.4. The SMILES string of the molecule is [NH3+]C[C@H]1O[C@@H](OC(c2cn(C3CCCCCC3)nn2)C2O[C@@H](n3ccc(=O)[nH]c3=O)[C@H](O)[C@@H]2O)[C@H](O)[C@@H]1O. The van der Waals surface area contributed by atoms with Gasteiger partial charge in [-0.05, 0) is 12.8 Å². The molecule has 9 atom stereocenters. The molecule has 3 fully saturated rings. The van der Waals surface area contributed by atoms with Crippen LogP contribution in [0.5, 0.6) is 0 Å². The number of nitrogens with one attached hydrogen (secondary N) is 1. The van der Waals surface area contributed by atoms with Gasteiger partial charge >= 0.3 is 5.69 Å². The van der Waals surface area contributed by atoms with Gasteiger partial charge in [0.25, 0.3) is 5.56 Å². The van der Waals surface area contributed by atoms with Crippen LogP contribution in [0.1, 0.15) is 62.6 Å². The molecule has 2 aromatic rings. The Hall–Kier alpha value is -2.50. The zero-order valence-electron chi connectivity index (χ0n) is 20.8. The molecule has 0 amide bonds. The van der Waals surface area contributed by atoms with Gasteiger partial charge in [0.15, 0.2) is 12.5 Å². The monoisotopic (exact) mass is 539 g/mol. The number of aromatic amines is 1. The van der Waals surface area contributed by atoms with Crippen molar-refractivity contribution in [1.29, 1.82) is 0 Å². The highest BCUT2D eigenvalue weighted by Crippen LogP contribution is 2.39. The lowest BCUT2D eigenvalue weighted by molar-refractivity contribution is -0.391.